The van der Waals surface area contributed by atoms with Gasteiger partial charge in [-0.1, -0.05) is 0 Å². The number of hydrogen-bond donors (Lipinski definition) is 1. The quantitative estimate of drug-likeness (QED) is 0.684. The van der Waals surface area contributed by atoms with Crippen molar-refractivity contribution in [1.82, 2.24) is 0 Å². The van der Waals surface area contributed by atoms with Gasteiger partial charge in [0.15, 0.2) is 0 Å². The second-order valence-corrected chi connectivity index (χ2v) is 3.34. The SMILES string of the molecule is Cc1cc2cc(N)cc(C(F)(F)F)c2o1. The second kappa shape index (κ2) is 2.92. The zero-order valence-electron chi connectivity index (χ0n) is 7.85. The van der Waals surface area contributed by atoms with Crippen LogP contribution < -0.4 is 5.73 Å². The fraction of sp³-hybridized carbons (Fsp3) is 0.200. The van der Waals surface area contributed by atoms with Crippen molar-refractivity contribution in [2.75, 3.05) is 5.73 Å². The number of hydrogen-bond acceptors (Lipinski definition) is 2. The van der Waals surface area contributed by atoms with Gasteiger partial charge in [0.2, 0.25) is 0 Å². The Hall–Kier alpha value is -1.65. The molecule has 0 fully saturated rings. The summed E-state index contributed by atoms with van der Waals surface area (Å²) in [6, 6.07) is 3.87. The largest absolute Gasteiger partial charge is 0.461 e. The molecule has 80 valence electrons. The molecule has 2 rings (SSSR count). The lowest BCUT2D eigenvalue weighted by Crippen LogP contribution is -2.06. The van der Waals surface area contributed by atoms with Crippen LogP contribution in [0.15, 0.2) is 22.6 Å². The number of fused-ring (bicyclic) bond motifs is 1. The fourth-order valence-electron chi connectivity index (χ4n) is 1.52. The highest BCUT2D eigenvalue weighted by molar-refractivity contribution is 5.85. The van der Waals surface area contributed by atoms with Crippen LogP contribution in [-0.2, 0) is 6.18 Å². The summed E-state index contributed by atoms with van der Waals surface area (Å²) in [4.78, 5) is 0. The number of alkyl halides is 3. The Bertz CT molecular complexity index is 513. The van der Waals surface area contributed by atoms with E-state index in [4.69, 9.17) is 10.2 Å². The molecule has 0 aliphatic carbocycles. The summed E-state index contributed by atoms with van der Waals surface area (Å²) in [6.45, 7) is 1.59. The first-order chi connectivity index (χ1) is 6.88. The van der Waals surface area contributed by atoms with Crippen LogP contribution in [0.2, 0.25) is 0 Å². The van der Waals surface area contributed by atoms with Crippen molar-refractivity contribution >= 4 is 16.7 Å². The van der Waals surface area contributed by atoms with Crippen molar-refractivity contribution < 1.29 is 17.6 Å². The van der Waals surface area contributed by atoms with Gasteiger partial charge < -0.3 is 10.2 Å². The Morgan fingerprint density at radius 1 is 1.20 bits per heavy atom. The van der Waals surface area contributed by atoms with Gasteiger partial charge in [-0.05, 0) is 25.1 Å². The molecule has 0 bridgehead atoms. The van der Waals surface area contributed by atoms with Crippen LogP contribution in [0.4, 0.5) is 18.9 Å². The van der Waals surface area contributed by atoms with Crippen LogP contribution in [0.1, 0.15) is 11.3 Å². The van der Waals surface area contributed by atoms with E-state index in [1.54, 1.807) is 6.92 Å². The van der Waals surface area contributed by atoms with Crippen LogP contribution in [0, 0.1) is 6.92 Å². The molecule has 2 nitrogen and oxygen atoms in total. The summed E-state index contributed by atoms with van der Waals surface area (Å²) >= 11 is 0. The van der Waals surface area contributed by atoms with E-state index < -0.39 is 11.7 Å². The van der Waals surface area contributed by atoms with Crippen molar-refractivity contribution in [1.29, 1.82) is 0 Å². The van der Waals surface area contributed by atoms with Gasteiger partial charge in [0, 0.05) is 11.1 Å². The summed E-state index contributed by atoms with van der Waals surface area (Å²) < 4.78 is 42.8. The van der Waals surface area contributed by atoms with Crippen LogP contribution >= 0.6 is 0 Å². The van der Waals surface area contributed by atoms with Crippen LogP contribution in [0.25, 0.3) is 11.0 Å². The number of furan rings is 1. The van der Waals surface area contributed by atoms with Crippen LogP contribution in [0.5, 0.6) is 0 Å². The fourth-order valence-corrected chi connectivity index (χ4v) is 1.52. The van der Waals surface area contributed by atoms with E-state index in [0.717, 1.165) is 6.07 Å². The molecule has 15 heavy (non-hydrogen) atoms. The van der Waals surface area contributed by atoms with E-state index in [0.29, 0.717) is 11.1 Å². The van der Waals surface area contributed by atoms with Gasteiger partial charge in [0.1, 0.15) is 16.9 Å². The van der Waals surface area contributed by atoms with Gasteiger partial charge in [-0.25, -0.2) is 0 Å². The first kappa shape index (κ1) is 9.89. The molecular weight excluding hydrogens is 207 g/mol. The number of anilines is 1. The number of nitrogens with two attached hydrogens (primary N) is 1. The van der Waals surface area contributed by atoms with Gasteiger partial charge in [0.05, 0.1) is 0 Å². The Kier molecular flexibility index (Phi) is 1.92. The third kappa shape index (κ3) is 1.65. The summed E-state index contributed by atoms with van der Waals surface area (Å²) in [6.07, 6.45) is -4.45. The topological polar surface area (TPSA) is 39.2 Å². The monoisotopic (exact) mass is 215 g/mol. The Balaban J connectivity index is 2.82. The summed E-state index contributed by atoms with van der Waals surface area (Å²) in [7, 11) is 0. The Morgan fingerprint density at radius 2 is 1.87 bits per heavy atom. The summed E-state index contributed by atoms with van der Waals surface area (Å²) in [5.74, 6) is 0.432. The van der Waals surface area contributed by atoms with Crippen molar-refractivity contribution in [2.45, 2.75) is 13.1 Å². The smallest absolute Gasteiger partial charge is 0.420 e. The molecule has 5 heteroatoms. The maximum atomic E-state index is 12.6. The third-order valence-electron chi connectivity index (χ3n) is 2.07. The molecular formula is C10H8F3NO. The lowest BCUT2D eigenvalue weighted by molar-refractivity contribution is -0.136. The predicted molar refractivity (Wildman–Crippen MR) is 50.4 cm³/mol. The standard InChI is InChI=1S/C10H8F3NO/c1-5-2-6-3-7(14)4-8(9(6)15-5)10(11,12)13/h2-4H,14H2,1H3. The number of nitrogen functional groups attached to an aromatic ring is 1. The molecule has 0 aliphatic rings. The minimum Gasteiger partial charge on any atom is -0.461 e. The van der Waals surface area contributed by atoms with Crippen molar-refractivity contribution in [3.63, 3.8) is 0 Å². The molecule has 1 aromatic heterocycles. The highest BCUT2D eigenvalue weighted by atomic mass is 19.4. The molecule has 0 saturated heterocycles. The van der Waals surface area contributed by atoms with Crippen molar-refractivity contribution in [3.8, 4) is 0 Å². The maximum Gasteiger partial charge on any atom is 0.420 e. The minimum atomic E-state index is -4.45. The van der Waals surface area contributed by atoms with E-state index in [1.807, 2.05) is 0 Å². The van der Waals surface area contributed by atoms with Gasteiger partial charge >= 0.3 is 6.18 Å². The number of aryl methyl sites for hydroxylation is 1. The molecule has 0 atom stereocenters. The zero-order chi connectivity index (χ0) is 11.2. The second-order valence-electron chi connectivity index (χ2n) is 3.34. The molecule has 2 N–H and O–H groups in total. The average molecular weight is 215 g/mol. The number of halogens is 3. The van der Waals surface area contributed by atoms with E-state index in [1.165, 1.54) is 12.1 Å². The Morgan fingerprint density at radius 3 is 2.47 bits per heavy atom. The molecule has 0 amide bonds. The van der Waals surface area contributed by atoms with Gasteiger partial charge in [-0.2, -0.15) is 13.2 Å². The number of benzene rings is 1. The summed E-state index contributed by atoms with van der Waals surface area (Å²) in [5.41, 5.74) is 4.48. The molecule has 0 radical (unpaired) electrons. The zero-order valence-corrected chi connectivity index (χ0v) is 7.85. The molecule has 1 heterocycles. The molecule has 1 aromatic carbocycles. The van der Waals surface area contributed by atoms with Gasteiger partial charge in [-0.3, -0.25) is 0 Å². The summed E-state index contributed by atoms with van der Waals surface area (Å²) in [5, 5.41) is 0.375. The normalized spacial score (nSPS) is 12.3. The third-order valence-corrected chi connectivity index (χ3v) is 2.07. The maximum absolute atomic E-state index is 12.6. The van der Waals surface area contributed by atoms with Crippen LogP contribution in [0.3, 0.4) is 0 Å². The minimum absolute atomic E-state index is 0.0793. The van der Waals surface area contributed by atoms with Gasteiger partial charge in [-0.15, -0.1) is 0 Å². The lowest BCUT2D eigenvalue weighted by Gasteiger charge is -2.07. The van der Waals surface area contributed by atoms with Crippen molar-refractivity contribution in [2.24, 2.45) is 0 Å². The van der Waals surface area contributed by atoms with E-state index >= 15 is 0 Å². The van der Waals surface area contributed by atoms with E-state index in [9.17, 15) is 13.2 Å². The predicted octanol–water partition coefficient (Wildman–Crippen LogP) is 3.34. The van der Waals surface area contributed by atoms with Crippen molar-refractivity contribution in [3.05, 3.63) is 29.5 Å². The molecule has 0 saturated carbocycles. The molecule has 2 aromatic rings. The first-order valence-electron chi connectivity index (χ1n) is 4.25. The number of rotatable bonds is 0. The van der Waals surface area contributed by atoms with E-state index in [-0.39, 0.29) is 11.3 Å². The van der Waals surface area contributed by atoms with E-state index in [2.05, 4.69) is 0 Å². The first-order valence-corrected chi connectivity index (χ1v) is 4.25. The Labute approximate surface area is 83.5 Å². The van der Waals surface area contributed by atoms with Crippen LogP contribution in [-0.4, -0.2) is 0 Å². The lowest BCUT2D eigenvalue weighted by atomic mass is 10.1. The molecule has 0 aliphatic heterocycles. The highest BCUT2D eigenvalue weighted by Crippen LogP contribution is 2.37. The van der Waals surface area contributed by atoms with Gasteiger partial charge in [0.25, 0.3) is 0 Å². The average Bonchev–Trinajstić information content (AvgIpc) is 2.41. The molecule has 0 spiro atoms. The molecule has 0 unspecified atom stereocenters. The highest BCUT2D eigenvalue weighted by Gasteiger charge is 2.34.